The van der Waals surface area contributed by atoms with Gasteiger partial charge < -0.3 is 9.29 Å². The van der Waals surface area contributed by atoms with Gasteiger partial charge in [-0.2, -0.15) is 0 Å². The molecule has 0 spiro atoms. The molecule has 0 aliphatic heterocycles. The summed E-state index contributed by atoms with van der Waals surface area (Å²) in [7, 11) is -4.78. The Bertz CT molecular complexity index is 512. The van der Waals surface area contributed by atoms with Crippen LogP contribution in [0, 0.1) is 0 Å². The molecule has 0 aromatic heterocycles. The third-order valence-corrected chi connectivity index (χ3v) is 11.2. The number of carbonyl (C=O) groups excluding carboxylic acids is 1. The van der Waals surface area contributed by atoms with Crippen LogP contribution in [-0.2, 0) is 19.6 Å². The standard InChI is InChI=1S/C18H40P.C6H10O5S/c1-5-9-13-14-18-19(15-10-6-2,16-11-7-3)17-12-8-4;1-2-6(7)11-4-3-5-12(8,9)10/h5-18H2,1-4H3;2H,1,3-5H2,(H,8,9,10)/q+1;/p-1. The largest absolute Gasteiger partial charge is 0.748 e. The first-order valence-electron chi connectivity index (χ1n) is 12.3. The summed E-state index contributed by atoms with van der Waals surface area (Å²) in [5, 5.41) is 0. The lowest BCUT2D eigenvalue weighted by atomic mass is 10.2. The molecule has 0 amide bonds. The molecule has 5 nitrogen and oxygen atoms in total. The second kappa shape index (κ2) is 21.4. The van der Waals surface area contributed by atoms with Crippen LogP contribution in [0.5, 0.6) is 0 Å². The van der Waals surface area contributed by atoms with E-state index in [9.17, 15) is 17.8 Å². The molecule has 0 saturated heterocycles. The highest BCUT2D eigenvalue weighted by Crippen LogP contribution is 2.61. The summed E-state index contributed by atoms with van der Waals surface area (Å²) in [6.45, 7) is 12.5. The quantitative estimate of drug-likeness (QED) is 0.0680. The van der Waals surface area contributed by atoms with Gasteiger partial charge in [0.25, 0.3) is 0 Å². The summed E-state index contributed by atoms with van der Waals surface area (Å²) < 4.78 is 34.5. The van der Waals surface area contributed by atoms with Crippen molar-refractivity contribution in [2.45, 2.75) is 98.3 Å². The first kappa shape index (κ1) is 32.7. The van der Waals surface area contributed by atoms with Gasteiger partial charge in [-0.15, -0.1) is 0 Å². The van der Waals surface area contributed by atoms with Crippen LogP contribution in [-0.4, -0.2) is 55.9 Å². The van der Waals surface area contributed by atoms with E-state index in [-0.39, 0.29) is 13.0 Å². The van der Waals surface area contributed by atoms with Gasteiger partial charge in [0.05, 0.1) is 41.4 Å². The van der Waals surface area contributed by atoms with Crippen molar-refractivity contribution >= 4 is 23.3 Å². The Hall–Kier alpha value is -0.450. The molecule has 186 valence electrons. The maximum atomic E-state index is 10.4. The zero-order valence-corrected chi connectivity index (χ0v) is 22.4. The molecule has 0 N–H and O–H groups in total. The third-order valence-electron chi connectivity index (χ3n) is 5.39. The molecule has 0 rings (SSSR count). The van der Waals surface area contributed by atoms with Crippen molar-refractivity contribution < 1.29 is 22.5 Å². The van der Waals surface area contributed by atoms with E-state index >= 15 is 0 Å². The topological polar surface area (TPSA) is 83.5 Å². The number of esters is 1. The molecule has 0 unspecified atom stereocenters. The monoisotopic (exact) mass is 480 g/mol. The summed E-state index contributed by atoms with van der Waals surface area (Å²) in [5.41, 5.74) is 0. The van der Waals surface area contributed by atoms with Gasteiger partial charge in [0.2, 0.25) is 0 Å². The molecule has 7 heteroatoms. The van der Waals surface area contributed by atoms with Gasteiger partial charge in [0.1, 0.15) is 0 Å². The number of hydrogen-bond donors (Lipinski definition) is 0. The predicted molar refractivity (Wildman–Crippen MR) is 136 cm³/mol. The maximum Gasteiger partial charge on any atom is 0.330 e. The minimum atomic E-state index is -4.20. The molecule has 0 fully saturated rings. The van der Waals surface area contributed by atoms with Crippen molar-refractivity contribution in [1.29, 1.82) is 0 Å². The van der Waals surface area contributed by atoms with Gasteiger partial charge in [-0.1, -0.05) is 66.4 Å². The van der Waals surface area contributed by atoms with E-state index in [2.05, 4.69) is 39.0 Å². The van der Waals surface area contributed by atoms with Crippen molar-refractivity contribution in [3.8, 4) is 0 Å². The molecule has 0 aliphatic rings. The fourth-order valence-corrected chi connectivity index (χ4v) is 9.16. The lowest BCUT2D eigenvalue weighted by Crippen LogP contribution is -2.12. The molecule has 0 bridgehead atoms. The molecular formula is C24H49O5PS. The SMILES string of the molecule is C=CC(=O)OCCCS(=O)(=O)[O-].CCCCCC[P+](CCCC)(CCCC)CCCC. The molecule has 0 heterocycles. The summed E-state index contributed by atoms with van der Waals surface area (Å²) in [5.74, 6) is -1.14. The van der Waals surface area contributed by atoms with Crippen LogP contribution in [0.1, 0.15) is 98.3 Å². The van der Waals surface area contributed by atoms with E-state index in [0.29, 0.717) is 0 Å². The second-order valence-corrected chi connectivity index (χ2v) is 14.3. The van der Waals surface area contributed by atoms with Crippen LogP contribution < -0.4 is 0 Å². The predicted octanol–water partition coefficient (Wildman–Crippen LogP) is 6.64. The average Bonchev–Trinajstić information content (AvgIpc) is 2.74. The fraction of sp³-hybridized carbons (Fsp3) is 0.875. The highest BCUT2D eigenvalue weighted by Gasteiger charge is 2.34. The zero-order chi connectivity index (χ0) is 24.0. The van der Waals surface area contributed by atoms with Gasteiger partial charge >= 0.3 is 5.97 Å². The lowest BCUT2D eigenvalue weighted by Gasteiger charge is -2.28. The van der Waals surface area contributed by atoms with Crippen LogP contribution in [0.3, 0.4) is 0 Å². The number of hydrogen-bond acceptors (Lipinski definition) is 5. The van der Waals surface area contributed by atoms with E-state index in [1.54, 1.807) is 24.6 Å². The molecule has 0 aliphatic carbocycles. The summed E-state index contributed by atoms with van der Waals surface area (Å²) in [6, 6.07) is 0. The van der Waals surface area contributed by atoms with E-state index in [4.69, 9.17) is 0 Å². The molecule has 0 atom stereocenters. The zero-order valence-electron chi connectivity index (χ0n) is 20.7. The summed E-state index contributed by atoms with van der Waals surface area (Å²) >= 11 is 0. The number of carbonyl (C=O) groups is 1. The fourth-order valence-electron chi connectivity index (χ4n) is 3.49. The van der Waals surface area contributed by atoms with E-state index in [1.807, 2.05) is 0 Å². The Morgan fingerprint density at radius 1 is 0.806 bits per heavy atom. The third kappa shape index (κ3) is 22.5. The lowest BCUT2D eigenvalue weighted by molar-refractivity contribution is -0.137. The number of ether oxygens (including phenoxy) is 1. The van der Waals surface area contributed by atoms with Crippen molar-refractivity contribution in [2.75, 3.05) is 37.0 Å². The van der Waals surface area contributed by atoms with Gasteiger partial charge in [0.15, 0.2) is 0 Å². The smallest absolute Gasteiger partial charge is 0.330 e. The Labute approximate surface area is 193 Å². The van der Waals surface area contributed by atoms with Crippen LogP contribution >= 0.6 is 7.26 Å². The first-order chi connectivity index (χ1) is 14.7. The second-order valence-electron chi connectivity index (χ2n) is 8.34. The number of unbranched alkanes of at least 4 members (excludes halogenated alkanes) is 6. The van der Waals surface area contributed by atoms with Crippen LogP contribution in [0.4, 0.5) is 0 Å². The van der Waals surface area contributed by atoms with E-state index in [0.717, 1.165) is 6.08 Å². The molecule has 0 radical (unpaired) electrons. The Morgan fingerprint density at radius 3 is 1.65 bits per heavy atom. The van der Waals surface area contributed by atoms with Crippen LogP contribution in [0.2, 0.25) is 0 Å². The highest BCUT2D eigenvalue weighted by atomic mass is 32.2. The number of rotatable bonds is 19. The first-order valence-corrected chi connectivity index (χ1v) is 16.4. The molecule has 0 aromatic rings. The maximum absolute atomic E-state index is 10.4. The minimum absolute atomic E-state index is 0.0193. The molecule has 0 aromatic carbocycles. The summed E-state index contributed by atoms with van der Waals surface area (Å²) in [4.78, 5) is 10.4. The van der Waals surface area contributed by atoms with Gasteiger partial charge in [-0.05, 0) is 38.5 Å². The molecule has 0 saturated carbocycles. The average molecular weight is 481 g/mol. The van der Waals surface area contributed by atoms with Gasteiger partial charge in [-0.25, -0.2) is 13.2 Å². The Morgan fingerprint density at radius 2 is 1.26 bits per heavy atom. The van der Waals surface area contributed by atoms with Gasteiger partial charge in [-0.3, -0.25) is 0 Å². The van der Waals surface area contributed by atoms with Crippen molar-refractivity contribution in [1.82, 2.24) is 0 Å². The Kier molecular flexibility index (Phi) is 22.6. The molecule has 31 heavy (non-hydrogen) atoms. The van der Waals surface area contributed by atoms with E-state index in [1.165, 1.54) is 64.2 Å². The summed E-state index contributed by atoms with van der Waals surface area (Å²) in [6.07, 6.45) is 21.9. The van der Waals surface area contributed by atoms with Crippen molar-refractivity contribution in [2.24, 2.45) is 0 Å². The highest BCUT2D eigenvalue weighted by molar-refractivity contribution is 7.85. The van der Waals surface area contributed by atoms with Crippen LogP contribution in [0.15, 0.2) is 12.7 Å². The van der Waals surface area contributed by atoms with Crippen molar-refractivity contribution in [3.63, 3.8) is 0 Å². The van der Waals surface area contributed by atoms with Crippen LogP contribution in [0.25, 0.3) is 0 Å². The normalized spacial score (nSPS) is 11.5. The minimum Gasteiger partial charge on any atom is -0.748 e. The van der Waals surface area contributed by atoms with Crippen molar-refractivity contribution in [3.05, 3.63) is 12.7 Å². The van der Waals surface area contributed by atoms with Gasteiger partial charge in [0, 0.05) is 19.1 Å². The van der Waals surface area contributed by atoms with E-state index < -0.39 is 29.1 Å². The Balaban J connectivity index is 0. The molecular weight excluding hydrogens is 431 g/mol.